The van der Waals surface area contributed by atoms with Gasteiger partial charge in [-0.1, -0.05) is 30.3 Å². The van der Waals surface area contributed by atoms with Crippen molar-refractivity contribution in [3.63, 3.8) is 0 Å². The quantitative estimate of drug-likeness (QED) is 0.742. The van der Waals surface area contributed by atoms with Crippen LogP contribution in [0.25, 0.3) is 0 Å². The Labute approximate surface area is 90.2 Å². The van der Waals surface area contributed by atoms with Gasteiger partial charge < -0.3 is 10.5 Å². The predicted molar refractivity (Wildman–Crippen MR) is 59.3 cm³/mol. The zero-order chi connectivity index (χ0) is 11.1. The average Bonchev–Trinajstić information content (AvgIpc) is 2.27. The van der Waals surface area contributed by atoms with Gasteiger partial charge in [-0.05, 0) is 18.9 Å². The summed E-state index contributed by atoms with van der Waals surface area (Å²) in [5.74, 6) is -0.434. The highest BCUT2D eigenvalue weighted by molar-refractivity contribution is 5.73. The number of ether oxygens (including phenoxy) is 1. The van der Waals surface area contributed by atoms with Crippen LogP contribution in [0.2, 0.25) is 0 Å². The second kappa shape index (κ2) is 6.19. The molecule has 0 saturated carbocycles. The second-order valence-corrected chi connectivity index (χ2v) is 3.37. The van der Waals surface area contributed by atoms with Crippen molar-refractivity contribution in [3.8, 4) is 0 Å². The smallest absolute Gasteiger partial charge is 0.310 e. The Hall–Kier alpha value is -1.35. The molecule has 1 aromatic carbocycles. The van der Waals surface area contributed by atoms with Crippen LogP contribution in [-0.2, 0) is 16.0 Å². The van der Waals surface area contributed by atoms with Crippen LogP contribution in [-0.4, -0.2) is 19.1 Å². The van der Waals surface area contributed by atoms with E-state index in [9.17, 15) is 4.79 Å². The number of carbonyl (C=O) groups excluding carboxylic acids is 1. The van der Waals surface area contributed by atoms with Gasteiger partial charge in [-0.2, -0.15) is 0 Å². The third-order valence-corrected chi connectivity index (χ3v) is 2.23. The monoisotopic (exact) mass is 207 g/mol. The summed E-state index contributed by atoms with van der Waals surface area (Å²) < 4.78 is 4.95. The molecule has 0 bridgehead atoms. The van der Waals surface area contributed by atoms with Crippen LogP contribution >= 0.6 is 0 Å². The van der Waals surface area contributed by atoms with E-state index in [1.54, 1.807) is 6.92 Å². The van der Waals surface area contributed by atoms with Crippen LogP contribution in [0, 0.1) is 5.92 Å². The molecule has 0 aliphatic rings. The fourth-order valence-electron chi connectivity index (χ4n) is 1.42. The molecule has 0 aliphatic heterocycles. The molecular weight excluding hydrogens is 190 g/mol. The van der Waals surface area contributed by atoms with Gasteiger partial charge >= 0.3 is 5.97 Å². The van der Waals surface area contributed by atoms with Gasteiger partial charge in [0.1, 0.15) is 0 Å². The third-order valence-electron chi connectivity index (χ3n) is 2.23. The molecule has 1 atom stereocenters. The molecule has 1 aromatic rings. The Kier molecular flexibility index (Phi) is 4.84. The van der Waals surface area contributed by atoms with Crippen molar-refractivity contribution in [2.45, 2.75) is 13.3 Å². The number of carbonyl (C=O) groups is 1. The fraction of sp³-hybridized carbons (Fsp3) is 0.417. The lowest BCUT2D eigenvalue weighted by molar-refractivity contribution is -0.147. The maximum absolute atomic E-state index is 11.5. The first-order valence-corrected chi connectivity index (χ1v) is 5.18. The minimum Gasteiger partial charge on any atom is -0.466 e. The standard InChI is InChI=1S/C12H17NO2/c1-2-15-12(14)11(9-13)8-10-6-4-3-5-7-10/h3-7,11H,2,8-9,13H2,1H3. The van der Waals surface area contributed by atoms with Crippen LogP contribution in [0.15, 0.2) is 30.3 Å². The van der Waals surface area contributed by atoms with Gasteiger partial charge in [0.2, 0.25) is 0 Å². The SMILES string of the molecule is CCOC(=O)C(CN)Cc1ccccc1. The van der Waals surface area contributed by atoms with Crippen molar-refractivity contribution in [1.29, 1.82) is 0 Å². The lowest BCUT2D eigenvalue weighted by atomic mass is 10.00. The normalized spacial score (nSPS) is 12.1. The Bertz CT molecular complexity index is 298. The van der Waals surface area contributed by atoms with Gasteiger partial charge in [0.25, 0.3) is 0 Å². The molecule has 0 amide bonds. The first kappa shape index (κ1) is 11.7. The highest BCUT2D eigenvalue weighted by Gasteiger charge is 2.17. The summed E-state index contributed by atoms with van der Waals surface area (Å²) in [4.78, 5) is 11.5. The van der Waals surface area contributed by atoms with E-state index < -0.39 is 0 Å². The van der Waals surface area contributed by atoms with Gasteiger partial charge in [0.05, 0.1) is 12.5 Å². The molecule has 3 nitrogen and oxygen atoms in total. The number of benzene rings is 1. The van der Waals surface area contributed by atoms with E-state index in [1.165, 1.54) is 0 Å². The molecule has 82 valence electrons. The molecule has 0 spiro atoms. The van der Waals surface area contributed by atoms with Crippen molar-refractivity contribution in [2.75, 3.05) is 13.2 Å². The summed E-state index contributed by atoms with van der Waals surface area (Å²) in [6.07, 6.45) is 0.649. The molecule has 2 N–H and O–H groups in total. The first-order chi connectivity index (χ1) is 7.27. The van der Waals surface area contributed by atoms with E-state index >= 15 is 0 Å². The Morgan fingerprint density at radius 2 is 2.07 bits per heavy atom. The molecule has 0 saturated heterocycles. The highest BCUT2D eigenvalue weighted by atomic mass is 16.5. The Morgan fingerprint density at radius 1 is 1.40 bits per heavy atom. The van der Waals surface area contributed by atoms with E-state index in [0.717, 1.165) is 5.56 Å². The van der Waals surface area contributed by atoms with Crippen molar-refractivity contribution in [1.82, 2.24) is 0 Å². The molecule has 0 aromatic heterocycles. The topological polar surface area (TPSA) is 52.3 Å². The van der Waals surface area contributed by atoms with Crippen molar-refractivity contribution in [3.05, 3.63) is 35.9 Å². The van der Waals surface area contributed by atoms with E-state index in [-0.39, 0.29) is 11.9 Å². The van der Waals surface area contributed by atoms with E-state index in [2.05, 4.69) is 0 Å². The number of hydrogen-bond acceptors (Lipinski definition) is 3. The Balaban J connectivity index is 2.58. The zero-order valence-corrected chi connectivity index (χ0v) is 8.98. The molecule has 3 heteroatoms. The van der Waals surface area contributed by atoms with Crippen LogP contribution in [0.4, 0.5) is 0 Å². The molecule has 1 rings (SSSR count). The van der Waals surface area contributed by atoms with Crippen LogP contribution in [0.1, 0.15) is 12.5 Å². The summed E-state index contributed by atoms with van der Waals surface area (Å²) in [5.41, 5.74) is 6.66. The minimum absolute atomic E-state index is 0.205. The lowest BCUT2D eigenvalue weighted by Crippen LogP contribution is -2.27. The summed E-state index contributed by atoms with van der Waals surface area (Å²) in [6, 6.07) is 9.83. The van der Waals surface area contributed by atoms with Crippen LogP contribution in [0.3, 0.4) is 0 Å². The first-order valence-electron chi connectivity index (χ1n) is 5.18. The van der Waals surface area contributed by atoms with E-state index in [1.807, 2.05) is 30.3 Å². The van der Waals surface area contributed by atoms with Gasteiger partial charge in [0.15, 0.2) is 0 Å². The van der Waals surface area contributed by atoms with Crippen LogP contribution < -0.4 is 5.73 Å². The Morgan fingerprint density at radius 3 is 2.60 bits per heavy atom. The van der Waals surface area contributed by atoms with E-state index in [0.29, 0.717) is 19.6 Å². The van der Waals surface area contributed by atoms with E-state index in [4.69, 9.17) is 10.5 Å². The maximum Gasteiger partial charge on any atom is 0.310 e. The minimum atomic E-state index is -0.229. The van der Waals surface area contributed by atoms with Crippen molar-refractivity contribution < 1.29 is 9.53 Å². The molecule has 0 radical (unpaired) electrons. The second-order valence-electron chi connectivity index (χ2n) is 3.37. The average molecular weight is 207 g/mol. The lowest BCUT2D eigenvalue weighted by Gasteiger charge is -2.13. The molecule has 0 heterocycles. The number of rotatable bonds is 5. The number of nitrogens with two attached hydrogens (primary N) is 1. The third kappa shape index (κ3) is 3.72. The van der Waals surface area contributed by atoms with Gasteiger partial charge in [-0.3, -0.25) is 4.79 Å². The van der Waals surface area contributed by atoms with Gasteiger partial charge in [-0.15, -0.1) is 0 Å². The summed E-state index contributed by atoms with van der Waals surface area (Å²) >= 11 is 0. The molecular formula is C12H17NO2. The summed E-state index contributed by atoms with van der Waals surface area (Å²) in [5, 5.41) is 0. The summed E-state index contributed by atoms with van der Waals surface area (Å²) in [7, 11) is 0. The number of hydrogen-bond donors (Lipinski definition) is 1. The highest BCUT2D eigenvalue weighted by Crippen LogP contribution is 2.09. The largest absolute Gasteiger partial charge is 0.466 e. The number of esters is 1. The fourth-order valence-corrected chi connectivity index (χ4v) is 1.42. The molecule has 0 fully saturated rings. The van der Waals surface area contributed by atoms with Crippen LogP contribution in [0.5, 0.6) is 0 Å². The maximum atomic E-state index is 11.5. The van der Waals surface area contributed by atoms with Crippen molar-refractivity contribution >= 4 is 5.97 Å². The van der Waals surface area contributed by atoms with Crippen molar-refractivity contribution in [2.24, 2.45) is 11.7 Å². The zero-order valence-electron chi connectivity index (χ0n) is 8.98. The summed E-state index contributed by atoms with van der Waals surface area (Å²) in [6.45, 7) is 2.53. The predicted octanol–water partition coefficient (Wildman–Crippen LogP) is 1.37. The van der Waals surface area contributed by atoms with Gasteiger partial charge in [0, 0.05) is 6.54 Å². The van der Waals surface area contributed by atoms with Gasteiger partial charge in [-0.25, -0.2) is 0 Å². The molecule has 1 unspecified atom stereocenters. The molecule has 0 aliphatic carbocycles. The molecule has 15 heavy (non-hydrogen) atoms.